The van der Waals surface area contributed by atoms with E-state index < -0.39 is 0 Å². The lowest BCUT2D eigenvalue weighted by molar-refractivity contribution is -0.135. The molecule has 0 bridgehead atoms. The Morgan fingerprint density at radius 3 is 2.42 bits per heavy atom. The molecule has 1 atom stereocenters. The van der Waals surface area contributed by atoms with Crippen LogP contribution < -0.4 is 5.32 Å². The van der Waals surface area contributed by atoms with Crippen LogP contribution in [0.5, 0.6) is 0 Å². The molecule has 1 aromatic rings. The average Bonchev–Trinajstić information content (AvgIpc) is 3.31. The topological polar surface area (TPSA) is 60.4 Å². The number of guanidine groups is 1. The molecule has 2 fully saturated rings. The Morgan fingerprint density at radius 2 is 1.77 bits per heavy atom. The Labute approximate surface area is 204 Å². The molecule has 1 unspecified atom stereocenters. The molecule has 1 aromatic carbocycles. The number of methoxy groups -OCH3 is 1. The number of hydrogen-bond acceptors (Lipinski definition) is 4. The van der Waals surface area contributed by atoms with Crippen LogP contribution in [0.1, 0.15) is 37.8 Å². The van der Waals surface area contributed by atoms with Crippen LogP contribution in [0.3, 0.4) is 0 Å². The van der Waals surface area contributed by atoms with Gasteiger partial charge in [-0.15, -0.1) is 24.0 Å². The monoisotopic (exact) mass is 543 g/mol. The van der Waals surface area contributed by atoms with Crippen molar-refractivity contribution >= 4 is 35.8 Å². The van der Waals surface area contributed by atoms with Gasteiger partial charge in [0, 0.05) is 52.9 Å². The summed E-state index contributed by atoms with van der Waals surface area (Å²) < 4.78 is 5.23. The third-order valence-corrected chi connectivity index (χ3v) is 5.99. The van der Waals surface area contributed by atoms with Gasteiger partial charge in [-0.2, -0.15) is 0 Å². The number of carbonyl (C=O) groups excluding carboxylic acids is 1. The van der Waals surface area contributed by atoms with Crippen molar-refractivity contribution in [2.45, 2.75) is 45.9 Å². The van der Waals surface area contributed by atoms with E-state index >= 15 is 0 Å². The Balaban J connectivity index is 0.00000341. The third kappa shape index (κ3) is 7.32. The molecule has 1 amide bonds. The zero-order valence-corrected chi connectivity index (χ0v) is 21.5. The SMILES string of the molecule is CCNC(=NCc1cccc(COC)c1)N1CCN(C(C)C(=O)N2CCCC2)CC1.I. The van der Waals surface area contributed by atoms with Crippen molar-refractivity contribution < 1.29 is 9.53 Å². The molecule has 0 aromatic heterocycles. The van der Waals surface area contributed by atoms with Crippen molar-refractivity contribution in [3.63, 3.8) is 0 Å². The molecular formula is C23H38IN5O2. The fraction of sp³-hybridized carbons (Fsp3) is 0.652. The van der Waals surface area contributed by atoms with E-state index in [2.05, 4.69) is 53.2 Å². The minimum Gasteiger partial charge on any atom is -0.380 e. The van der Waals surface area contributed by atoms with Crippen LogP contribution in [0.15, 0.2) is 29.3 Å². The van der Waals surface area contributed by atoms with Gasteiger partial charge < -0.3 is 19.9 Å². The predicted molar refractivity (Wildman–Crippen MR) is 136 cm³/mol. The van der Waals surface area contributed by atoms with Gasteiger partial charge in [-0.25, -0.2) is 4.99 Å². The Kier molecular flexibility index (Phi) is 11.0. The summed E-state index contributed by atoms with van der Waals surface area (Å²) in [5, 5.41) is 3.43. The molecule has 1 N–H and O–H groups in total. The molecule has 2 heterocycles. The third-order valence-electron chi connectivity index (χ3n) is 5.99. The summed E-state index contributed by atoms with van der Waals surface area (Å²) in [4.78, 5) is 24.2. The first kappa shape index (κ1) is 25.9. The Bertz CT molecular complexity index is 716. The van der Waals surface area contributed by atoms with Gasteiger partial charge in [0.25, 0.3) is 0 Å². The molecule has 31 heavy (non-hydrogen) atoms. The fourth-order valence-corrected chi connectivity index (χ4v) is 4.26. The highest BCUT2D eigenvalue weighted by Crippen LogP contribution is 2.14. The summed E-state index contributed by atoms with van der Waals surface area (Å²) in [6.45, 7) is 11.6. The number of likely N-dealkylation sites (tertiary alicyclic amines) is 1. The summed E-state index contributed by atoms with van der Waals surface area (Å²) in [5.41, 5.74) is 2.35. The van der Waals surface area contributed by atoms with E-state index in [9.17, 15) is 4.79 Å². The lowest BCUT2D eigenvalue weighted by Gasteiger charge is -2.39. The van der Waals surface area contributed by atoms with Gasteiger partial charge in [0.1, 0.15) is 0 Å². The second-order valence-corrected chi connectivity index (χ2v) is 8.15. The number of amides is 1. The first-order chi connectivity index (χ1) is 14.6. The van der Waals surface area contributed by atoms with Crippen LogP contribution in [0.25, 0.3) is 0 Å². The fourth-order valence-electron chi connectivity index (χ4n) is 4.26. The van der Waals surface area contributed by atoms with Gasteiger partial charge in [0.05, 0.1) is 19.2 Å². The summed E-state index contributed by atoms with van der Waals surface area (Å²) in [5.74, 6) is 1.24. The molecule has 0 saturated carbocycles. The van der Waals surface area contributed by atoms with Crippen molar-refractivity contribution in [3.8, 4) is 0 Å². The minimum absolute atomic E-state index is 0. The highest BCUT2D eigenvalue weighted by Gasteiger charge is 2.30. The number of carbonyl (C=O) groups is 1. The second kappa shape index (κ2) is 13.2. The van der Waals surface area contributed by atoms with E-state index in [-0.39, 0.29) is 35.9 Å². The quantitative estimate of drug-likeness (QED) is 0.326. The van der Waals surface area contributed by atoms with E-state index in [0.29, 0.717) is 13.2 Å². The molecule has 3 rings (SSSR count). The van der Waals surface area contributed by atoms with Crippen LogP contribution in [0, 0.1) is 0 Å². The van der Waals surface area contributed by atoms with Gasteiger partial charge in [0.2, 0.25) is 5.91 Å². The maximum Gasteiger partial charge on any atom is 0.239 e. The molecule has 2 aliphatic rings. The lowest BCUT2D eigenvalue weighted by Crippen LogP contribution is -2.57. The molecule has 2 saturated heterocycles. The minimum atomic E-state index is -0.0340. The molecular weight excluding hydrogens is 505 g/mol. The van der Waals surface area contributed by atoms with E-state index in [1.54, 1.807) is 7.11 Å². The molecule has 7 nitrogen and oxygen atoms in total. The number of aliphatic imine (C=N–C) groups is 1. The zero-order chi connectivity index (χ0) is 21.3. The summed E-state index contributed by atoms with van der Waals surface area (Å²) in [6, 6.07) is 8.36. The van der Waals surface area contributed by atoms with Gasteiger partial charge in [-0.3, -0.25) is 9.69 Å². The normalized spacial score (nSPS) is 18.6. The maximum absolute atomic E-state index is 12.7. The van der Waals surface area contributed by atoms with Crippen LogP contribution in [-0.2, 0) is 22.7 Å². The molecule has 8 heteroatoms. The molecule has 0 aliphatic carbocycles. The number of piperazine rings is 1. The van der Waals surface area contributed by atoms with Crippen LogP contribution in [0.2, 0.25) is 0 Å². The zero-order valence-electron chi connectivity index (χ0n) is 19.2. The maximum atomic E-state index is 12.7. The van der Waals surface area contributed by atoms with Crippen LogP contribution in [-0.4, -0.2) is 85.5 Å². The van der Waals surface area contributed by atoms with Crippen LogP contribution in [0.4, 0.5) is 0 Å². The van der Waals surface area contributed by atoms with E-state index in [1.807, 2.05) is 4.90 Å². The number of nitrogens with zero attached hydrogens (tertiary/aromatic N) is 4. The van der Waals surface area contributed by atoms with Crippen LogP contribution >= 0.6 is 24.0 Å². The van der Waals surface area contributed by atoms with Gasteiger partial charge in [0.15, 0.2) is 5.96 Å². The molecule has 2 aliphatic heterocycles. The lowest BCUT2D eigenvalue weighted by atomic mass is 10.1. The number of rotatable bonds is 7. The van der Waals surface area contributed by atoms with Gasteiger partial charge >= 0.3 is 0 Å². The summed E-state index contributed by atoms with van der Waals surface area (Å²) >= 11 is 0. The average molecular weight is 543 g/mol. The number of ether oxygens (including phenoxy) is 1. The van der Waals surface area contributed by atoms with E-state index in [4.69, 9.17) is 9.73 Å². The smallest absolute Gasteiger partial charge is 0.239 e. The number of benzene rings is 1. The van der Waals surface area contributed by atoms with Crippen molar-refractivity contribution in [2.75, 3.05) is 52.9 Å². The van der Waals surface area contributed by atoms with Crippen molar-refractivity contribution in [1.82, 2.24) is 20.0 Å². The first-order valence-electron chi connectivity index (χ1n) is 11.2. The van der Waals surface area contributed by atoms with Gasteiger partial charge in [-0.05, 0) is 37.8 Å². The summed E-state index contributed by atoms with van der Waals surface area (Å²) in [7, 11) is 1.72. The molecule has 0 radical (unpaired) electrons. The summed E-state index contributed by atoms with van der Waals surface area (Å²) in [6.07, 6.45) is 2.28. The Morgan fingerprint density at radius 1 is 1.10 bits per heavy atom. The number of halogens is 1. The van der Waals surface area contributed by atoms with E-state index in [0.717, 1.165) is 64.6 Å². The second-order valence-electron chi connectivity index (χ2n) is 8.15. The predicted octanol–water partition coefficient (Wildman–Crippen LogP) is 2.55. The Hall–Kier alpha value is -1.39. The van der Waals surface area contributed by atoms with Crippen molar-refractivity contribution in [2.24, 2.45) is 4.99 Å². The largest absolute Gasteiger partial charge is 0.380 e. The highest BCUT2D eigenvalue weighted by atomic mass is 127. The van der Waals surface area contributed by atoms with Crippen molar-refractivity contribution in [1.29, 1.82) is 0 Å². The van der Waals surface area contributed by atoms with E-state index in [1.165, 1.54) is 11.1 Å². The van der Waals surface area contributed by atoms with Crippen molar-refractivity contribution in [3.05, 3.63) is 35.4 Å². The molecule has 174 valence electrons. The van der Waals surface area contributed by atoms with Gasteiger partial charge in [-0.1, -0.05) is 24.3 Å². The highest BCUT2D eigenvalue weighted by molar-refractivity contribution is 14.0. The standard InChI is InChI=1S/C23H37N5O2.HI/c1-4-24-23(25-17-20-8-7-9-21(16-20)18-30-3)28-14-12-26(13-15-28)19(2)22(29)27-10-5-6-11-27;/h7-9,16,19H,4-6,10-15,17-18H2,1-3H3,(H,24,25);1H. The first-order valence-corrected chi connectivity index (χ1v) is 11.2. The number of hydrogen-bond donors (Lipinski definition) is 1. The molecule has 0 spiro atoms. The number of nitrogens with one attached hydrogen (secondary N) is 1.